The van der Waals surface area contributed by atoms with Crippen molar-refractivity contribution in [3.8, 4) is 28.5 Å². The van der Waals surface area contributed by atoms with Crippen molar-refractivity contribution in [3.05, 3.63) is 24.6 Å². The van der Waals surface area contributed by atoms with Gasteiger partial charge >= 0.3 is 0 Å². The van der Waals surface area contributed by atoms with Crippen LogP contribution in [0, 0.1) is 0 Å². The van der Waals surface area contributed by atoms with E-state index in [9.17, 15) is 5.11 Å². The molecule has 0 saturated carbocycles. The molecule has 2 heterocycles. The van der Waals surface area contributed by atoms with Gasteiger partial charge in [-0.3, -0.25) is 0 Å². The number of nitrogen functional groups attached to an aromatic ring is 1. The van der Waals surface area contributed by atoms with Gasteiger partial charge in [-0.15, -0.1) is 0 Å². The van der Waals surface area contributed by atoms with Crippen molar-refractivity contribution in [1.82, 2.24) is 9.97 Å². The number of nitrogens with zero attached hydrogens (tertiary/aromatic N) is 2. The quantitative estimate of drug-likeness (QED) is 0.760. The van der Waals surface area contributed by atoms with Crippen LogP contribution in [-0.4, -0.2) is 29.3 Å². The second kappa shape index (κ2) is 4.86. The standard InChI is InChI=1S/C14H13N3O4/c1-19-11-7-4-6-21-12(7)13(20-2)10(18)9(11)8-3-5-16-14(15)17-8/h3-6,18H,1-2H3,(H2,15,16,17). The first-order valence-electron chi connectivity index (χ1n) is 6.10. The van der Waals surface area contributed by atoms with E-state index >= 15 is 0 Å². The molecule has 2 aromatic heterocycles. The van der Waals surface area contributed by atoms with Crippen molar-refractivity contribution in [2.45, 2.75) is 0 Å². The lowest BCUT2D eigenvalue weighted by atomic mass is 10.0. The molecule has 108 valence electrons. The molecule has 21 heavy (non-hydrogen) atoms. The second-order valence-electron chi connectivity index (χ2n) is 4.25. The summed E-state index contributed by atoms with van der Waals surface area (Å²) >= 11 is 0. The summed E-state index contributed by atoms with van der Waals surface area (Å²) in [7, 11) is 2.95. The number of furan rings is 1. The number of fused-ring (bicyclic) bond motifs is 1. The molecule has 1 aromatic carbocycles. The van der Waals surface area contributed by atoms with Crippen molar-refractivity contribution in [2.24, 2.45) is 0 Å². The molecule has 0 aliphatic carbocycles. The van der Waals surface area contributed by atoms with E-state index < -0.39 is 0 Å². The second-order valence-corrected chi connectivity index (χ2v) is 4.25. The monoisotopic (exact) mass is 287 g/mol. The van der Waals surface area contributed by atoms with Crippen LogP contribution in [0.1, 0.15) is 0 Å². The molecule has 7 heteroatoms. The Hall–Kier alpha value is -2.96. The lowest BCUT2D eigenvalue weighted by molar-refractivity contribution is 0.367. The fourth-order valence-electron chi connectivity index (χ4n) is 2.28. The zero-order valence-corrected chi connectivity index (χ0v) is 11.5. The first kappa shape index (κ1) is 13.0. The average molecular weight is 287 g/mol. The molecular weight excluding hydrogens is 274 g/mol. The normalized spacial score (nSPS) is 10.8. The summed E-state index contributed by atoms with van der Waals surface area (Å²) < 4.78 is 16.0. The fourth-order valence-corrected chi connectivity index (χ4v) is 2.28. The third-order valence-corrected chi connectivity index (χ3v) is 3.13. The molecule has 0 atom stereocenters. The third kappa shape index (κ3) is 1.90. The molecule has 0 amide bonds. The predicted molar refractivity (Wildman–Crippen MR) is 76.4 cm³/mol. The highest BCUT2D eigenvalue weighted by molar-refractivity contribution is 5.99. The number of hydrogen-bond acceptors (Lipinski definition) is 7. The number of hydrogen-bond donors (Lipinski definition) is 2. The number of aromatic nitrogens is 2. The number of aromatic hydroxyl groups is 1. The first-order valence-corrected chi connectivity index (χ1v) is 6.10. The van der Waals surface area contributed by atoms with Gasteiger partial charge in [0.25, 0.3) is 0 Å². The molecule has 0 aliphatic rings. The maximum absolute atomic E-state index is 10.5. The summed E-state index contributed by atoms with van der Waals surface area (Å²) in [5, 5.41) is 11.2. The van der Waals surface area contributed by atoms with E-state index in [4.69, 9.17) is 19.6 Å². The number of rotatable bonds is 3. The van der Waals surface area contributed by atoms with Gasteiger partial charge in [-0.1, -0.05) is 0 Å². The van der Waals surface area contributed by atoms with Crippen LogP contribution in [0.4, 0.5) is 5.95 Å². The smallest absolute Gasteiger partial charge is 0.220 e. The van der Waals surface area contributed by atoms with E-state index in [1.165, 1.54) is 26.7 Å². The predicted octanol–water partition coefficient (Wildman–Crippen LogP) is 2.19. The van der Waals surface area contributed by atoms with E-state index in [0.717, 1.165) is 0 Å². The van der Waals surface area contributed by atoms with Crippen molar-refractivity contribution in [1.29, 1.82) is 0 Å². The van der Waals surface area contributed by atoms with E-state index in [1.807, 2.05) is 0 Å². The highest BCUT2D eigenvalue weighted by Gasteiger charge is 2.24. The molecule has 3 aromatic rings. The number of methoxy groups -OCH3 is 2. The van der Waals surface area contributed by atoms with E-state index in [-0.39, 0.29) is 17.4 Å². The summed E-state index contributed by atoms with van der Waals surface area (Å²) in [4.78, 5) is 7.96. The van der Waals surface area contributed by atoms with Crippen LogP contribution in [-0.2, 0) is 0 Å². The molecule has 3 rings (SSSR count). The number of phenolic OH excluding ortho intramolecular Hbond substituents is 1. The topological polar surface area (TPSA) is 104 Å². The van der Waals surface area contributed by atoms with Gasteiger partial charge in [0, 0.05) is 6.20 Å². The van der Waals surface area contributed by atoms with E-state index in [1.54, 1.807) is 12.1 Å². The van der Waals surface area contributed by atoms with Gasteiger partial charge in [-0.05, 0) is 12.1 Å². The Morgan fingerprint density at radius 1 is 1.19 bits per heavy atom. The lowest BCUT2D eigenvalue weighted by Crippen LogP contribution is -1.98. The molecular formula is C14H13N3O4. The number of nitrogens with two attached hydrogens (primary N) is 1. The van der Waals surface area contributed by atoms with E-state index in [2.05, 4.69) is 9.97 Å². The van der Waals surface area contributed by atoms with Gasteiger partial charge in [0.1, 0.15) is 5.75 Å². The summed E-state index contributed by atoms with van der Waals surface area (Å²) in [6.45, 7) is 0. The van der Waals surface area contributed by atoms with Crippen LogP contribution in [0.3, 0.4) is 0 Å². The van der Waals surface area contributed by atoms with Gasteiger partial charge in [-0.2, -0.15) is 0 Å². The largest absolute Gasteiger partial charge is 0.504 e. The van der Waals surface area contributed by atoms with Gasteiger partial charge in [0.15, 0.2) is 11.3 Å². The van der Waals surface area contributed by atoms with Gasteiger partial charge in [0.05, 0.1) is 37.1 Å². The Bertz CT molecular complexity index is 813. The van der Waals surface area contributed by atoms with Crippen molar-refractivity contribution in [3.63, 3.8) is 0 Å². The van der Waals surface area contributed by atoms with Crippen LogP contribution in [0.5, 0.6) is 17.2 Å². The summed E-state index contributed by atoms with van der Waals surface area (Å²) in [6, 6.07) is 3.35. The third-order valence-electron chi connectivity index (χ3n) is 3.13. The summed E-state index contributed by atoms with van der Waals surface area (Å²) in [5.74, 6) is 0.605. The molecule has 0 aliphatic heterocycles. The Labute approximate surface area is 119 Å². The number of ether oxygens (including phenoxy) is 2. The van der Waals surface area contributed by atoms with Gasteiger partial charge in [-0.25, -0.2) is 9.97 Å². The van der Waals surface area contributed by atoms with Crippen molar-refractivity contribution < 1.29 is 19.0 Å². The van der Waals surface area contributed by atoms with Gasteiger partial charge in [0.2, 0.25) is 11.7 Å². The van der Waals surface area contributed by atoms with Crippen molar-refractivity contribution >= 4 is 16.9 Å². The number of anilines is 1. The van der Waals surface area contributed by atoms with Gasteiger partial charge < -0.3 is 24.7 Å². The van der Waals surface area contributed by atoms with Crippen LogP contribution in [0.15, 0.2) is 29.0 Å². The molecule has 0 radical (unpaired) electrons. The molecule has 0 bridgehead atoms. The van der Waals surface area contributed by atoms with E-state index in [0.29, 0.717) is 28.0 Å². The number of phenols is 1. The fraction of sp³-hybridized carbons (Fsp3) is 0.143. The maximum atomic E-state index is 10.5. The SMILES string of the molecule is COc1c(-c2ccnc(N)n2)c(O)c(OC)c2occc12. The Morgan fingerprint density at radius 3 is 2.62 bits per heavy atom. The minimum atomic E-state index is -0.130. The molecule has 0 fully saturated rings. The minimum absolute atomic E-state index is 0.0974. The van der Waals surface area contributed by atoms with Crippen LogP contribution < -0.4 is 15.2 Å². The molecule has 7 nitrogen and oxygen atoms in total. The zero-order valence-electron chi connectivity index (χ0n) is 11.5. The van der Waals surface area contributed by atoms with Crippen LogP contribution in [0.25, 0.3) is 22.2 Å². The molecule has 0 unspecified atom stereocenters. The lowest BCUT2D eigenvalue weighted by Gasteiger charge is -2.14. The van der Waals surface area contributed by atoms with Crippen LogP contribution in [0.2, 0.25) is 0 Å². The minimum Gasteiger partial charge on any atom is -0.504 e. The highest BCUT2D eigenvalue weighted by Crippen LogP contribution is 2.49. The Kier molecular flexibility index (Phi) is 3.02. The Morgan fingerprint density at radius 2 is 1.95 bits per heavy atom. The summed E-state index contributed by atoms with van der Waals surface area (Å²) in [5.41, 5.74) is 6.81. The average Bonchev–Trinajstić information content (AvgIpc) is 2.95. The molecule has 0 saturated heterocycles. The van der Waals surface area contributed by atoms with Crippen molar-refractivity contribution in [2.75, 3.05) is 20.0 Å². The highest BCUT2D eigenvalue weighted by atomic mass is 16.5. The summed E-state index contributed by atoms with van der Waals surface area (Å²) in [6.07, 6.45) is 3.00. The first-order chi connectivity index (χ1) is 10.2. The zero-order chi connectivity index (χ0) is 15.0. The molecule has 0 spiro atoms. The number of benzene rings is 1. The molecule has 3 N–H and O–H groups in total. The van der Waals surface area contributed by atoms with Crippen LogP contribution >= 0.6 is 0 Å². The maximum Gasteiger partial charge on any atom is 0.220 e. The Balaban J connectivity index is 2.43.